The van der Waals surface area contributed by atoms with Crippen LogP contribution in [-0.2, 0) is 16.6 Å². The molecule has 0 aromatic heterocycles. The van der Waals surface area contributed by atoms with Gasteiger partial charge < -0.3 is 10.1 Å². The van der Waals surface area contributed by atoms with Crippen LogP contribution in [0, 0.1) is 0 Å². The third-order valence-electron chi connectivity index (χ3n) is 3.00. The van der Waals surface area contributed by atoms with Crippen molar-refractivity contribution >= 4 is 20.8 Å². The summed E-state index contributed by atoms with van der Waals surface area (Å²) in [5.74, 6) is 0.772. The lowest BCUT2D eigenvalue weighted by atomic mass is 10.1. The molecule has 108 valence electrons. The lowest BCUT2D eigenvalue weighted by Gasteiger charge is -2.07. The summed E-state index contributed by atoms with van der Waals surface area (Å²) >= 11 is 0. The highest BCUT2D eigenvalue weighted by Gasteiger charge is 2.02. The summed E-state index contributed by atoms with van der Waals surface area (Å²) in [4.78, 5) is 0. The Balaban J connectivity index is 2.01. The molecule has 2 aromatic carbocycles. The van der Waals surface area contributed by atoms with Crippen molar-refractivity contribution in [3.8, 4) is 5.75 Å². The zero-order valence-corrected chi connectivity index (χ0v) is 12.1. The normalized spacial score (nSPS) is 11.7. The van der Waals surface area contributed by atoms with Crippen LogP contribution < -0.4 is 15.2 Å². The van der Waals surface area contributed by atoms with Gasteiger partial charge in [-0.3, -0.25) is 0 Å². The molecule has 6 heteroatoms. The van der Waals surface area contributed by atoms with Gasteiger partial charge >= 0.3 is 0 Å². The standard InChI is InChI=1S/C14H18N2O3S/c1-19-14-5-4-12-8-11(2-3-13(12)9-14)10-16-6-7-20(15,17)18/h2-5,8-9,16H,6-7,10H2,1H3,(H2,15,17,18). The van der Waals surface area contributed by atoms with Gasteiger partial charge in [-0.15, -0.1) is 0 Å². The monoisotopic (exact) mass is 294 g/mol. The molecule has 2 rings (SSSR count). The maximum atomic E-state index is 10.8. The Labute approximate surface area is 118 Å². The van der Waals surface area contributed by atoms with E-state index in [0.717, 1.165) is 22.1 Å². The van der Waals surface area contributed by atoms with E-state index in [1.165, 1.54) is 0 Å². The van der Waals surface area contributed by atoms with E-state index in [-0.39, 0.29) is 5.75 Å². The molecule has 0 atom stereocenters. The van der Waals surface area contributed by atoms with Crippen LogP contribution in [0.2, 0.25) is 0 Å². The summed E-state index contributed by atoms with van der Waals surface area (Å²) < 4.78 is 26.8. The van der Waals surface area contributed by atoms with Crippen molar-refractivity contribution in [1.29, 1.82) is 0 Å². The topological polar surface area (TPSA) is 81.4 Å². The second-order valence-corrected chi connectivity index (χ2v) is 6.33. The minimum Gasteiger partial charge on any atom is -0.497 e. The molecule has 0 unspecified atom stereocenters. The van der Waals surface area contributed by atoms with E-state index in [2.05, 4.69) is 11.4 Å². The van der Waals surface area contributed by atoms with Crippen LogP contribution in [0.15, 0.2) is 36.4 Å². The first kappa shape index (κ1) is 14.8. The number of nitrogens with one attached hydrogen (secondary N) is 1. The molecule has 3 N–H and O–H groups in total. The van der Waals surface area contributed by atoms with Crippen LogP contribution in [0.3, 0.4) is 0 Å². The molecule has 0 saturated carbocycles. The average molecular weight is 294 g/mol. The van der Waals surface area contributed by atoms with E-state index < -0.39 is 10.0 Å². The molecule has 2 aromatic rings. The Kier molecular flexibility index (Phi) is 4.59. The molecule has 0 aliphatic carbocycles. The highest BCUT2D eigenvalue weighted by molar-refractivity contribution is 7.89. The Morgan fingerprint density at radius 3 is 2.55 bits per heavy atom. The van der Waals surface area contributed by atoms with E-state index in [1.54, 1.807) is 7.11 Å². The fraction of sp³-hybridized carbons (Fsp3) is 0.286. The fourth-order valence-corrected chi connectivity index (χ4v) is 2.39. The number of rotatable bonds is 6. The SMILES string of the molecule is COc1ccc2cc(CNCCS(N)(=O)=O)ccc2c1. The van der Waals surface area contributed by atoms with Crippen molar-refractivity contribution in [3.05, 3.63) is 42.0 Å². The zero-order valence-electron chi connectivity index (χ0n) is 11.3. The van der Waals surface area contributed by atoms with Gasteiger partial charge in [0.1, 0.15) is 5.75 Å². The first-order valence-electron chi connectivity index (χ1n) is 6.26. The average Bonchev–Trinajstić information content (AvgIpc) is 2.42. The third-order valence-corrected chi connectivity index (χ3v) is 3.78. The highest BCUT2D eigenvalue weighted by atomic mass is 32.2. The van der Waals surface area contributed by atoms with Crippen LogP contribution >= 0.6 is 0 Å². The van der Waals surface area contributed by atoms with Crippen molar-refractivity contribution in [1.82, 2.24) is 5.32 Å². The summed E-state index contributed by atoms with van der Waals surface area (Å²) in [6.45, 7) is 0.955. The van der Waals surface area contributed by atoms with Gasteiger partial charge in [-0.05, 0) is 34.5 Å². The van der Waals surface area contributed by atoms with Gasteiger partial charge in [0.05, 0.1) is 12.9 Å². The molecule has 0 saturated heterocycles. The molecule has 20 heavy (non-hydrogen) atoms. The van der Waals surface area contributed by atoms with Crippen molar-refractivity contribution in [2.45, 2.75) is 6.54 Å². The number of ether oxygens (including phenoxy) is 1. The number of sulfonamides is 1. The first-order valence-corrected chi connectivity index (χ1v) is 7.97. The van der Waals surface area contributed by atoms with Gasteiger partial charge in [0.2, 0.25) is 10.0 Å². The van der Waals surface area contributed by atoms with Crippen LogP contribution in [-0.4, -0.2) is 27.8 Å². The van der Waals surface area contributed by atoms with E-state index in [4.69, 9.17) is 9.88 Å². The smallest absolute Gasteiger partial charge is 0.210 e. The maximum absolute atomic E-state index is 10.8. The predicted octanol–water partition coefficient (Wildman–Crippen LogP) is 1.23. The first-order chi connectivity index (χ1) is 9.48. The Bertz CT molecular complexity index is 699. The molecule has 0 aliphatic rings. The van der Waals surface area contributed by atoms with Crippen molar-refractivity contribution in [2.24, 2.45) is 5.14 Å². The van der Waals surface area contributed by atoms with E-state index in [1.807, 2.05) is 30.3 Å². The number of hydrogen-bond acceptors (Lipinski definition) is 4. The summed E-state index contributed by atoms with van der Waals surface area (Å²) in [7, 11) is -1.75. The minimum absolute atomic E-state index is 0.0578. The Morgan fingerprint density at radius 2 is 1.85 bits per heavy atom. The van der Waals surface area contributed by atoms with E-state index >= 15 is 0 Å². The second-order valence-electron chi connectivity index (χ2n) is 4.59. The van der Waals surface area contributed by atoms with Gasteiger partial charge in [-0.2, -0.15) is 0 Å². The molecule has 0 amide bonds. The number of methoxy groups -OCH3 is 1. The number of hydrogen-bond donors (Lipinski definition) is 2. The predicted molar refractivity (Wildman–Crippen MR) is 80.2 cm³/mol. The van der Waals surface area contributed by atoms with Crippen LogP contribution in [0.1, 0.15) is 5.56 Å². The van der Waals surface area contributed by atoms with E-state index in [0.29, 0.717) is 13.1 Å². The van der Waals surface area contributed by atoms with Gasteiger partial charge in [0, 0.05) is 13.1 Å². The third kappa shape index (κ3) is 4.19. The highest BCUT2D eigenvalue weighted by Crippen LogP contribution is 2.21. The number of fused-ring (bicyclic) bond motifs is 1. The minimum atomic E-state index is -3.40. The summed E-state index contributed by atoms with van der Waals surface area (Å²) in [6.07, 6.45) is 0. The molecule has 0 heterocycles. The van der Waals surface area contributed by atoms with Crippen molar-refractivity contribution in [3.63, 3.8) is 0 Å². The lowest BCUT2D eigenvalue weighted by molar-refractivity contribution is 0.415. The van der Waals surface area contributed by atoms with Gasteiger partial charge in [0.15, 0.2) is 0 Å². The van der Waals surface area contributed by atoms with Crippen LogP contribution in [0.25, 0.3) is 10.8 Å². The lowest BCUT2D eigenvalue weighted by Crippen LogP contribution is -2.26. The van der Waals surface area contributed by atoms with Gasteiger partial charge in [-0.1, -0.05) is 18.2 Å². The summed E-state index contributed by atoms with van der Waals surface area (Å²) in [5, 5.41) is 10.2. The quantitative estimate of drug-likeness (QED) is 0.785. The van der Waals surface area contributed by atoms with Gasteiger partial charge in [-0.25, -0.2) is 13.6 Å². The molecule has 0 spiro atoms. The molecule has 0 fully saturated rings. The van der Waals surface area contributed by atoms with Crippen LogP contribution in [0.4, 0.5) is 0 Å². The second kappa shape index (κ2) is 6.21. The van der Waals surface area contributed by atoms with Crippen LogP contribution in [0.5, 0.6) is 5.75 Å². The largest absolute Gasteiger partial charge is 0.497 e. The maximum Gasteiger partial charge on any atom is 0.210 e. The van der Waals surface area contributed by atoms with Gasteiger partial charge in [0.25, 0.3) is 0 Å². The summed E-state index contributed by atoms with van der Waals surface area (Å²) in [6, 6.07) is 12.0. The zero-order chi connectivity index (χ0) is 14.6. The number of benzene rings is 2. The molecule has 0 bridgehead atoms. The van der Waals surface area contributed by atoms with Crippen molar-refractivity contribution < 1.29 is 13.2 Å². The molecule has 0 radical (unpaired) electrons. The molecule has 5 nitrogen and oxygen atoms in total. The number of primary sulfonamides is 1. The molecular weight excluding hydrogens is 276 g/mol. The Hall–Kier alpha value is -1.63. The fourth-order valence-electron chi connectivity index (χ4n) is 1.96. The Morgan fingerprint density at radius 1 is 1.15 bits per heavy atom. The molecule has 0 aliphatic heterocycles. The number of nitrogens with two attached hydrogens (primary N) is 1. The van der Waals surface area contributed by atoms with E-state index in [9.17, 15) is 8.42 Å². The van der Waals surface area contributed by atoms with Crippen molar-refractivity contribution in [2.75, 3.05) is 19.4 Å². The summed E-state index contributed by atoms with van der Waals surface area (Å²) in [5.41, 5.74) is 1.09. The molecular formula is C14H18N2O3S.